The first-order valence-corrected chi connectivity index (χ1v) is 8.34. The molecular formula is C15H20N2O3S. The normalized spacial score (nSPS) is 17.8. The zero-order chi connectivity index (χ0) is 15.3. The topological polar surface area (TPSA) is 81.4 Å². The van der Waals surface area contributed by atoms with Crippen LogP contribution in [0.2, 0.25) is 0 Å². The molecule has 1 aromatic rings. The molecule has 5 nitrogen and oxygen atoms in total. The van der Waals surface area contributed by atoms with E-state index in [1.165, 1.54) is 0 Å². The fraction of sp³-hybridized carbons (Fsp3) is 0.467. The molecule has 0 unspecified atom stereocenters. The summed E-state index contributed by atoms with van der Waals surface area (Å²) in [7, 11) is -3.53. The van der Waals surface area contributed by atoms with E-state index in [1.54, 1.807) is 24.3 Å². The number of benzene rings is 1. The van der Waals surface area contributed by atoms with Gasteiger partial charge in [0.25, 0.3) is 0 Å². The molecule has 1 aromatic carbocycles. The van der Waals surface area contributed by atoms with Gasteiger partial charge in [0.05, 0.1) is 11.4 Å². The van der Waals surface area contributed by atoms with Crippen molar-refractivity contribution in [3.05, 3.63) is 29.8 Å². The molecule has 1 aliphatic rings. The highest BCUT2D eigenvalue weighted by molar-refractivity contribution is 7.89. The van der Waals surface area contributed by atoms with Gasteiger partial charge in [-0.15, -0.1) is 0 Å². The smallest absolute Gasteiger partial charge is 0.241 e. The molecule has 0 atom stereocenters. The summed E-state index contributed by atoms with van der Waals surface area (Å²) in [5.74, 6) is 5.60. The molecular weight excluding hydrogens is 288 g/mol. The second kappa shape index (κ2) is 6.58. The zero-order valence-electron chi connectivity index (χ0n) is 12.1. The van der Waals surface area contributed by atoms with Crippen molar-refractivity contribution < 1.29 is 13.2 Å². The van der Waals surface area contributed by atoms with Crippen molar-refractivity contribution in [1.29, 1.82) is 0 Å². The first-order chi connectivity index (χ1) is 9.95. The molecule has 21 heavy (non-hydrogen) atoms. The van der Waals surface area contributed by atoms with E-state index < -0.39 is 15.6 Å². The first-order valence-electron chi connectivity index (χ1n) is 6.86. The molecule has 0 amide bonds. The molecule has 1 saturated heterocycles. The Labute approximate surface area is 125 Å². The van der Waals surface area contributed by atoms with Crippen molar-refractivity contribution in [2.24, 2.45) is 5.73 Å². The Bertz CT molecular complexity index is 636. The van der Waals surface area contributed by atoms with Gasteiger partial charge >= 0.3 is 0 Å². The fourth-order valence-electron chi connectivity index (χ4n) is 2.18. The van der Waals surface area contributed by atoms with Crippen molar-refractivity contribution in [3.8, 4) is 11.8 Å². The molecule has 3 N–H and O–H groups in total. The Morgan fingerprint density at radius 3 is 2.48 bits per heavy atom. The minimum absolute atomic E-state index is 0.244. The standard InChI is InChI=1S/C15H20N2O3S/c1-15(8-11-20-12-9-15)17-21(18,19)14-6-4-13(5-7-14)3-2-10-16/h4-7,17H,8-12,16H2,1H3. The summed E-state index contributed by atoms with van der Waals surface area (Å²) in [6, 6.07) is 6.49. The highest BCUT2D eigenvalue weighted by atomic mass is 32.2. The summed E-state index contributed by atoms with van der Waals surface area (Å²) in [5, 5.41) is 0. The second-order valence-electron chi connectivity index (χ2n) is 5.31. The van der Waals surface area contributed by atoms with Gasteiger partial charge in [0, 0.05) is 24.3 Å². The maximum absolute atomic E-state index is 12.4. The number of hydrogen-bond acceptors (Lipinski definition) is 4. The molecule has 1 heterocycles. The van der Waals surface area contributed by atoms with Crippen LogP contribution in [0.15, 0.2) is 29.2 Å². The molecule has 0 aliphatic carbocycles. The SMILES string of the molecule is CC1(NS(=O)(=O)c2ccc(C#CCN)cc2)CCOCC1. The first kappa shape index (κ1) is 16.0. The van der Waals surface area contributed by atoms with Crippen LogP contribution in [0, 0.1) is 11.8 Å². The maximum atomic E-state index is 12.4. The van der Waals surface area contributed by atoms with Gasteiger partial charge in [-0.1, -0.05) is 11.8 Å². The van der Waals surface area contributed by atoms with Gasteiger partial charge in [-0.2, -0.15) is 0 Å². The Kier molecular flexibility index (Phi) is 5.01. The van der Waals surface area contributed by atoms with E-state index in [1.807, 2.05) is 6.92 Å². The van der Waals surface area contributed by atoms with Crippen LogP contribution < -0.4 is 10.5 Å². The lowest BCUT2D eigenvalue weighted by Crippen LogP contribution is -2.49. The molecule has 0 bridgehead atoms. The average Bonchev–Trinajstić information content (AvgIpc) is 2.45. The maximum Gasteiger partial charge on any atom is 0.241 e. The third-order valence-electron chi connectivity index (χ3n) is 3.48. The molecule has 0 spiro atoms. The Morgan fingerprint density at radius 1 is 1.29 bits per heavy atom. The van der Waals surface area contributed by atoms with Crippen molar-refractivity contribution in [2.75, 3.05) is 19.8 Å². The van der Waals surface area contributed by atoms with Gasteiger partial charge < -0.3 is 10.5 Å². The molecule has 0 aromatic heterocycles. The van der Waals surface area contributed by atoms with Gasteiger partial charge in [0.1, 0.15) is 0 Å². The average molecular weight is 308 g/mol. The lowest BCUT2D eigenvalue weighted by molar-refractivity contribution is 0.0537. The van der Waals surface area contributed by atoms with Crippen LogP contribution >= 0.6 is 0 Å². The van der Waals surface area contributed by atoms with E-state index in [0.717, 1.165) is 5.56 Å². The van der Waals surface area contributed by atoms with E-state index in [9.17, 15) is 8.42 Å². The van der Waals surface area contributed by atoms with E-state index in [0.29, 0.717) is 26.1 Å². The number of nitrogens with two attached hydrogens (primary N) is 1. The van der Waals surface area contributed by atoms with Crippen LogP contribution in [0.1, 0.15) is 25.3 Å². The van der Waals surface area contributed by atoms with Crippen LogP contribution in [0.3, 0.4) is 0 Å². The van der Waals surface area contributed by atoms with Crippen LogP contribution in [0.4, 0.5) is 0 Å². The monoisotopic (exact) mass is 308 g/mol. The van der Waals surface area contributed by atoms with E-state index >= 15 is 0 Å². The molecule has 0 radical (unpaired) electrons. The summed E-state index contributed by atoms with van der Waals surface area (Å²) in [6.07, 6.45) is 1.35. The van der Waals surface area contributed by atoms with Crippen LogP contribution in [-0.2, 0) is 14.8 Å². The third-order valence-corrected chi connectivity index (χ3v) is 5.13. The van der Waals surface area contributed by atoms with Gasteiger partial charge in [-0.25, -0.2) is 13.1 Å². The van der Waals surface area contributed by atoms with Crippen LogP contribution in [-0.4, -0.2) is 33.7 Å². The molecule has 114 valence electrons. The quantitative estimate of drug-likeness (QED) is 0.811. The molecule has 1 fully saturated rings. The van der Waals surface area contributed by atoms with Crippen LogP contribution in [0.5, 0.6) is 0 Å². The van der Waals surface area contributed by atoms with Crippen LogP contribution in [0.25, 0.3) is 0 Å². The summed E-state index contributed by atoms with van der Waals surface area (Å²) in [6.45, 7) is 3.34. The van der Waals surface area contributed by atoms with Gasteiger partial charge in [-0.3, -0.25) is 0 Å². The zero-order valence-corrected chi connectivity index (χ0v) is 12.9. The predicted molar refractivity (Wildman–Crippen MR) is 81.2 cm³/mol. The highest BCUT2D eigenvalue weighted by Crippen LogP contribution is 2.23. The summed E-state index contributed by atoms with van der Waals surface area (Å²) in [5.41, 5.74) is 5.60. The minimum atomic E-state index is -3.53. The lowest BCUT2D eigenvalue weighted by Gasteiger charge is -2.33. The minimum Gasteiger partial charge on any atom is -0.381 e. The van der Waals surface area contributed by atoms with Gasteiger partial charge in [0.15, 0.2) is 0 Å². The largest absolute Gasteiger partial charge is 0.381 e. The van der Waals surface area contributed by atoms with Crippen molar-refractivity contribution in [1.82, 2.24) is 4.72 Å². The van der Waals surface area contributed by atoms with Crippen molar-refractivity contribution >= 4 is 10.0 Å². The summed E-state index contributed by atoms with van der Waals surface area (Å²) < 4.78 is 32.9. The predicted octanol–water partition coefficient (Wildman–Crippen LogP) is 0.844. The van der Waals surface area contributed by atoms with E-state index in [2.05, 4.69) is 16.6 Å². The highest BCUT2D eigenvalue weighted by Gasteiger charge is 2.32. The number of nitrogens with one attached hydrogen (secondary N) is 1. The Hall–Kier alpha value is -1.39. The molecule has 2 rings (SSSR count). The summed E-state index contributed by atoms with van der Waals surface area (Å²) >= 11 is 0. The molecule has 6 heteroatoms. The lowest BCUT2D eigenvalue weighted by atomic mass is 9.94. The number of ether oxygens (including phenoxy) is 1. The van der Waals surface area contributed by atoms with Crippen molar-refractivity contribution in [2.45, 2.75) is 30.2 Å². The summed E-state index contributed by atoms with van der Waals surface area (Å²) in [4.78, 5) is 0.244. The molecule has 0 saturated carbocycles. The van der Waals surface area contributed by atoms with E-state index in [4.69, 9.17) is 10.5 Å². The Morgan fingerprint density at radius 2 is 1.90 bits per heavy atom. The number of rotatable bonds is 3. The fourth-order valence-corrected chi connectivity index (χ4v) is 3.64. The second-order valence-corrected chi connectivity index (χ2v) is 6.99. The van der Waals surface area contributed by atoms with Gasteiger partial charge in [-0.05, 0) is 44.0 Å². The van der Waals surface area contributed by atoms with Gasteiger partial charge in [0.2, 0.25) is 10.0 Å². The Balaban J connectivity index is 2.15. The van der Waals surface area contributed by atoms with Crippen molar-refractivity contribution in [3.63, 3.8) is 0 Å². The number of hydrogen-bond donors (Lipinski definition) is 2. The molecule has 1 aliphatic heterocycles. The third kappa shape index (κ3) is 4.29. The number of sulfonamides is 1. The van der Waals surface area contributed by atoms with E-state index in [-0.39, 0.29) is 11.4 Å².